The molecule has 0 saturated carbocycles. The molecule has 27 heavy (non-hydrogen) atoms. The molecule has 0 aromatic heterocycles. The Morgan fingerprint density at radius 2 is 1.63 bits per heavy atom. The van der Waals surface area contributed by atoms with Crippen LogP contribution in [0.5, 0.6) is 0 Å². The molecular formula is C25H34N2. The summed E-state index contributed by atoms with van der Waals surface area (Å²) in [7, 11) is 2.22. The van der Waals surface area contributed by atoms with Gasteiger partial charge in [-0.15, -0.1) is 0 Å². The second-order valence-electron chi connectivity index (χ2n) is 9.73. The lowest BCUT2D eigenvalue weighted by molar-refractivity contribution is 0.310. The van der Waals surface area contributed by atoms with Crippen LogP contribution in [-0.2, 0) is 17.4 Å². The number of nitrogens with zero attached hydrogens (tertiary/aromatic N) is 2. The first kappa shape index (κ1) is 18.6. The topological polar surface area (TPSA) is 6.48 Å². The predicted octanol–water partition coefficient (Wildman–Crippen LogP) is 5.52. The van der Waals surface area contributed by atoms with E-state index in [0.29, 0.717) is 0 Å². The van der Waals surface area contributed by atoms with E-state index in [9.17, 15) is 0 Å². The zero-order chi connectivity index (χ0) is 19.6. The van der Waals surface area contributed by atoms with Crippen molar-refractivity contribution in [1.29, 1.82) is 0 Å². The number of aryl methyl sites for hydroxylation is 2. The fourth-order valence-electron chi connectivity index (χ4n) is 5.51. The minimum absolute atomic E-state index is 0.0827. The van der Waals surface area contributed by atoms with Gasteiger partial charge in [0.2, 0.25) is 0 Å². The fourth-order valence-corrected chi connectivity index (χ4v) is 5.51. The van der Waals surface area contributed by atoms with Gasteiger partial charge in [-0.3, -0.25) is 4.90 Å². The molecule has 2 heteroatoms. The van der Waals surface area contributed by atoms with E-state index in [1.165, 1.54) is 45.5 Å². The summed E-state index contributed by atoms with van der Waals surface area (Å²) in [6.45, 7) is 17.2. The number of hydrogen-bond donors (Lipinski definition) is 0. The first-order valence-electron chi connectivity index (χ1n) is 10.3. The molecule has 0 saturated heterocycles. The van der Waals surface area contributed by atoms with Crippen LogP contribution in [0.25, 0.3) is 0 Å². The standard InChI is InChI=1S/C25H34N2/c1-8-27-16-26(7)14-19-13-20(9-10-23(19)27)25(6)15-24(4,5)21-11-17(2)18(3)12-22(21)25/h9-13H,8,14-16H2,1-7H3. The molecule has 0 fully saturated rings. The van der Waals surface area contributed by atoms with Crippen molar-refractivity contribution in [2.24, 2.45) is 0 Å². The van der Waals surface area contributed by atoms with E-state index in [0.717, 1.165) is 19.8 Å². The Balaban J connectivity index is 1.86. The van der Waals surface area contributed by atoms with Gasteiger partial charge in [-0.1, -0.05) is 45.0 Å². The van der Waals surface area contributed by atoms with Gasteiger partial charge in [0, 0.05) is 24.2 Å². The molecule has 144 valence electrons. The molecule has 1 atom stereocenters. The molecule has 0 radical (unpaired) electrons. The first-order chi connectivity index (χ1) is 12.7. The molecule has 0 amide bonds. The van der Waals surface area contributed by atoms with Gasteiger partial charge in [0.15, 0.2) is 0 Å². The summed E-state index contributed by atoms with van der Waals surface area (Å²) >= 11 is 0. The number of fused-ring (bicyclic) bond motifs is 2. The lowest BCUT2D eigenvalue weighted by atomic mass is 9.74. The number of benzene rings is 2. The van der Waals surface area contributed by atoms with E-state index in [4.69, 9.17) is 0 Å². The number of rotatable bonds is 2. The molecule has 1 aliphatic carbocycles. The zero-order valence-electron chi connectivity index (χ0n) is 18.1. The molecule has 1 heterocycles. The molecular weight excluding hydrogens is 328 g/mol. The number of anilines is 1. The van der Waals surface area contributed by atoms with Crippen molar-refractivity contribution in [3.8, 4) is 0 Å². The lowest BCUT2D eigenvalue weighted by Crippen LogP contribution is -2.40. The van der Waals surface area contributed by atoms with E-state index < -0.39 is 0 Å². The van der Waals surface area contributed by atoms with Crippen molar-refractivity contribution < 1.29 is 0 Å². The molecule has 0 bridgehead atoms. The van der Waals surface area contributed by atoms with Crippen LogP contribution in [0.3, 0.4) is 0 Å². The third kappa shape index (κ3) is 2.81. The quantitative estimate of drug-likeness (QED) is 0.694. The zero-order valence-corrected chi connectivity index (χ0v) is 18.1. The second-order valence-corrected chi connectivity index (χ2v) is 9.73. The van der Waals surface area contributed by atoms with Crippen LogP contribution in [0, 0.1) is 13.8 Å². The van der Waals surface area contributed by atoms with Crippen molar-refractivity contribution in [3.63, 3.8) is 0 Å². The van der Waals surface area contributed by atoms with Gasteiger partial charge in [-0.2, -0.15) is 0 Å². The predicted molar refractivity (Wildman–Crippen MR) is 116 cm³/mol. The summed E-state index contributed by atoms with van der Waals surface area (Å²) in [5.74, 6) is 0. The van der Waals surface area contributed by atoms with Gasteiger partial charge in [0.25, 0.3) is 0 Å². The SMILES string of the molecule is CCN1CN(C)Cc2cc(C3(C)CC(C)(C)c4cc(C)c(C)cc43)ccc21. The highest BCUT2D eigenvalue weighted by atomic mass is 15.3. The van der Waals surface area contributed by atoms with Crippen LogP contribution in [-0.4, -0.2) is 25.2 Å². The van der Waals surface area contributed by atoms with Crippen LogP contribution in [0.15, 0.2) is 30.3 Å². The minimum atomic E-state index is 0.0827. The Labute approximate surface area is 165 Å². The monoisotopic (exact) mass is 362 g/mol. The molecule has 1 unspecified atom stereocenters. The van der Waals surface area contributed by atoms with E-state index in [2.05, 4.69) is 88.7 Å². The van der Waals surface area contributed by atoms with Crippen molar-refractivity contribution in [3.05, 3.63) is 63.7 Å². The normalized spacial score (nSPS) is 24.0. The third-order valence-electron chi connectivity index (χ3n) is 7.04. The van der Waals surface area contributed by atoms with E-state index in [-0.39, 0.29) is 10.8 Å². The van der Waals surface area contributed by atoms with E-state index in [1.54, 1.807) is 0 Å². The highest BCUT2D eigenvalue weighted by Crippen LogP contribution is 2.53. The molecule has 2 nitrogen and oxygen atoms in total. The second kappa shape index (κ2) is 6.10. The summed E-state index contributed by atoms with van der Waals surface area (Å²) in [4.78, 5) is 4.89. The lowest BCUT2D eigenvalue weighted by Gasteiger charge is -2.37. The van der Waals surface area contributed by atoms with Crippen LogP contribution in [0.2, 0.25) is 0 Å². The van der Waals surface area contributed by atoms with Crippen molar-refractivity contribution in [2.75, 3.05) is 25.2 Å². The fraction of sp³-hybridized carbons (Fsp3) is 0.520. The summed E-state index contributed by atoms with van der Waals surface area (Å²) in [6, 6.07) is 12.2. The number of hydrogen-bond acceptors (Lipinski definition) is 2. The van der Waals surface area contributed by atoms with E-state index in [1.807, 2.05) is 0 Å². The summed E-state index contributed by atoms with van der Waals surface area (Å²) in [6.07, 6.45) is 1.17. The average molecular weight is 363 g/mol. The van der Waals surface area contributed by atoms with Gasteiger partial charge in [-0.25, -0.2) is 0 Å². The summed E-state index contributed by atoms with van der Waals surface area (Å²) < 4.78 is 0. The van der Waals surface area contributed by atoms with Crippen LogP contribution in [0.1, 0.15) is 67.5 Å². The van der Waals surface area contributed by atoms with Crippen LogP contribution in [0.4, 0.5) is 5.69 Å². The Hall–Kier alpha value is -1.80. The smallest absolute Gasteiger partial charge is 0.0707 e. The Morgan fingerprint density at radius 3 is 2.30 bits per heavy atom. The molecule has 2 aliphatic rings. The highest BCUT2D eigenvalue weighted by molar-refractivity contribution is 5.61. The summed E-state index contributed by atoms with van der Waals surface area (Å²) in [5, 5.41) is 0. The molecule has 0 N–H and O–H groups in total. The largest absolute Gasteiger partial charge is 0.359 e. The van der Waals surface area contributed by atoms with Crippen LogP contribution >= 0.6 is 0 Å². The van der Waals surface area contributed by atoms with Gasteiger partial charge in [0.1, 0.15) is 0 Å². The molecule has 4 rings (SSSR count). The van der Waals surface area contributed by atoms with Gasteiger partial charge in [0.05, 0.1) is 6.67 Å². The van der Waals surface area contributed by atoms with Crippen molar-refractivity contribution in [2.45, 2.75) is 65.3 Å². The van der Waals surface area contributed by atoms with Gasteiger partial charge >= 0.3 is 0 Å². The Bertz CT molecular complexity index is 895. The highest BCUT2D eigenvalue weighted by Gasteiger charge is 2.46. The van der Waals surface area contributed by atoms with Gasteiger partial charge in [-0.05, 0) is 79.1 Å². The maximum absolute atomic E-state index is 2.49. The first-order valence-corrected chi connectivity index (χ1v) is 10.3. The summed E-state index contributed by atoms with van der Waals surface area (Å²) in [5.41, 5.74) is 10.6. The Kier molecular flexibility index (Phi) is 4.19. The van der Waals surface area contributed by atoms with Crippen LogP contribution < -0.4 is 4.90 Å². The third-order valence-corrected chi connectivity index (χ3v) is 7.04. The maximum Gasteiger partial charge on any atom is 0.0707 e. The van der Waals surface area contributed by atoms with Gasteiger partial charge < -0.3 is 4.90 Å². The maximum atomic E-state index is 2.49. The molecule has 2 aromatic rings. The molecule has 2 aromatic carbocycles. The minimum Gasteiger partial charge on any atom is -0.359 e. The molecule has 0 spiro atoms. The Morgan fingerprint density at radius 1 is 0.963 bits per heavy atom. The van der Waals surface area contributed by atoms with Crippen molar-refractivity contribution >= 4 is 5.69 Å². The van der Waals surface area contributed by atoms with E-state index >= 15 is 0 Å². The van der Waals surface area contributed by atoms with Crippen molar-refractivity contribution in [1.82, 2.24) is 4.90 Å². The average Bonchev–Trinajstić information content (AvgIpc) is 2.80. The molecule has 1 aliphatic heterocycles.